The molecule has 1 heterocycles. The van der Waals surface area contributed by atoms with E-state index in [1.54, 1.807) is 30.0 Å². The second-order valence-electron chi connectivity index (χ2n) is 7.71. The second-order valence-corrected chi connectivity index (χ2v) is 7.71. The van der Waals surface area contributed by atoms with Crippen molar-refractivity contribution in [3.05, 3.63) is 89.0 Å². The van der Waals surface area contributed by atoms with E-state index < -0.39 is 6.10 Å². The van der Waals surface area contributed by atoms with Gasteiger partial charge in [0.2, 0.25) is 0 Å². The molecule has 3 aromatic rings. The fraction of sp³-hybridized carbons (Fsp3) is 0.240. The molecular formula is C25H25N3O4. The van der Waals surface area contributed by atoms with Gasteiger partial charge >= 0.3 is 0 Å². The Bertz CT molecular complexity index is 1080. The fourth-order valence-electron chi connectivity index (χ4n) is 3.92. The second kappa shape index (κ2) is 9.51. The quantitative estimate of drug-likeness (QED) is 0.428. The number of hydrogen-bond donors (Lipinski definition) is 0. The third-order valence-corrected chi connectivity index (χ3v) is 5.63. The van der Waals surface area contributed by atoms with Gasteiger partial charge in [0.1, 0.15) is 11.4 Å². The molecule has 0 aromatic heterocycles. The topological polar surface area (TPSA) is 75.9 Å². The Labute approximate surface area is 187 Å². The van der Waals surface area contributed by atoms with E-state index in [1.165, 1.54) is 6.07 Å². The summed E-state index contributed by atoms with van der Waals surface area (Å²) in [6.07, 6.45) is -0.616. The zero-order chi connectivity index (χ0) is 22.5. The van der Waals surface area contributed by atoms with Gasteiger partial charge in [-0.3, -0.25) is 14.9 Å². The van der Waals surface area contributed by atoms with E-state index in [2.05, 4.69) is 0 Å². The minimum absolute atomic E-state index is 0.0839. The lowest BCUT2D eigenvalue weighted by atomic mass is 10.1. The number of benzene rings is 3. The van der Waals surface area contributed by atoms with E-state index in [4.69, 9.17) is 4.74 Å². The fourth-order valence-corrected chi connectivity index (χ4v) is 3.92. The van der Waals surface area contributed by atoms with Crippen LogP contribution in [-0.2, 0) is 4.79 Å². The number of nitro benzene ring substituents is 1. The number of carbonyl (C=O) groups is 1. The van der Waals surface area contributed by atoms with E-state index in [0.29, 0.717) is 37.6 Å². The van der Waals surface area contributed by atoms with Gasteiger partial charge in [0.05, 0.1) is 4.92 Å². The number of amides is 1. The molecule has 0 N–H and O–H groups in total. The molecular weight excluding hydrogens is 406 g/mol. The van der Waals surface area contributed by atoms with Gasteiger partial charge in [-0.25, -0.2) is 0 Å². The molecule has 1 saturated heterocycles. The minimum Gasteiger partial charge on any atom is -0.481 e. The summed E-state index contributed by atoms with van der Waals surface area (Å²) >= 11 is 0. The highest BCUT2D eigenvalue weighted by Crippen LogP contribution is 2.28. The zero-order valence-electron chi connectivity index (χ0n) is 17.9. The molecule has 164 valence electrons. The van der Waals surface area contributed by atoms with Crippen molar-refractivity contribution in [2.75, 3.05) is 31.1 Å². The molecule has 32 heavy (non-hydrogen) atoms. The molecule has 0 bridgehead atoms. The average molecular weight is 431 g/mol. The maximum atomic E-state index is 12.9. The molecule has 1 unspecified atom stereocenters. The summed E-state index contributed by atoms with van der Waals surface area (Å²) in [7, 11) is 0. The van der Waals surface area contributed by atoms with Crippen LogP contribution in [0.15, 0.2) is 78.9 Å². The van der Waals surface area contributed by atoms with Crippen LogP contribution in [0, 0.1) is 10.1 Å². The monoisotopic (exact) mass is 431 g/mol. The number of piperazine rings is 1. The highest BCUT2D eigenvalue weighted by Gasteiger charge is 2.28. The molecule has 1 aliphatic rings. The predicted molar refractivity (Wildman–Crippen MR) is 124 cm³/mol. The number of hydrogen-bond acceptors (Lipinski definition) is 5. The summed E-state index contributed by atoms with van der Waals surface area (Å²) in [6.45, 7) is 3.81. The van der Waals surface area contributed by atoms with Gasteiger partial charge in [-0.2, -0.15) is 0 Å². The molecule has 1 fully saturated rings. The average Bonchev–Trinajstić information content (AvgIpc) is 2.84. The van der Waals surface area contributed by atoms with E-state index in [0.717, 1.165) is 11.1 Å². The van der Waals surface area contributed by atoms with Gasteiger partial charge in [-0.05, 0) is 36.2 Å². The van der Waals surface area contributed by atoms with E-state index in [9.17, 15) is 14.9 Å². The summed E-state index contributed by atoms with van der Waals surface area (Å²) in [5.41, 5.74) is 2.89. The summed E-state index contributed by atoms with van der Waals surface area (Å²) in [5, 5.41) is 11.3. The summed E-state index contributed by atoms with van der Waals surface area (Å²) < 4.78 is 5.89. The summed E-state index contributed by atoms with van der Waals surface area (Å²) in [6, 6.07) is 24.5. The number of nitro groups is 1. The first-order valence-electron chi connectivity index (χ1n) is 10.6. The lowest BCUT2D eigenvalue weighted by molar-refractivity contribution is -0.384. The summed E-state index contributed by atoms with van der Waals surface area (Å²) in [4.78, 5) is 27.5. The number of carbonyl (C=O) groups excluding carboxylic acids is 1. The van der Waals surface area contributed by atoms with E-state index in [1.807, 2.05) is 59.5 Å². The predicted octanol–water partition coefficient (Wildman–Crippen LogP) is 4.38. The number of rotatable bonds is 6. The van der Waals surface area contributed by atoms with E-state index >= 15 is 0 Å². The van der Waals surface area contributed by atoms with Gasteiger partial charge in [-0.1, -0.05) is 54.6 Å². The maximum absolute atomic E-state index is 12.9. The highest BCUT2D eigenvalue weighted by atomic mass is 16.6. The van der Waals surface area contributed by atoms with Crippen LogP contribution in [0.1, 0.15) is 6.92 Å². The van der Waals surface area contributed by atoms with Crippen LogP contribution in [0.25, 0.3) is 11.1 Å². The van der Waals surface area contributed by atoms with Crippen molar-refractivity contribution in [1.29, 1.82) is 0 Å². The van der Waals surface area contributed by atoms with Crippen molar-refractivity contribution in [3.63, 3.8) is 0 Å². The van der Waals surface area contributed by atoms with E-state index in [-0.39, 0.29) is 16.5 Å². The third-order valence-electron chi connectivity index (χ3n) is 5.63. The standard InChI is InChI=1S/C25H25N3O4/c1-19(32-22-13-11-21(12-14-22)20-7-3-2-4-8-20)25(29)27-17-15-26(16-18-27)23-9-5-6-10-24(23)28(30)31/h2-14,19H,15-18H2,1H3. The molecule has 1 aliphatic heterocycles. The van der Waals surface area contributed by atoms with Crippen molar-refractivity contribution in [1.82, 2.24) is 4.90 Å². The summed E-state index contributed by atoms with van der Waals surface area (Å²) in [5.74, 6) is 0.559. The van der Waals surface area contributed by atoms with Crippen molar-refractivity contribution in [2.24, 2.45) is 0 Å². The van der Waals surface area contributed by atoms with Crippen molar-refractivity contribution in [3.8, 4) is 16.9 Å². The van der Waals surface area contributed by atoms with Gasteiger partial charge in [0, 0.05) is 32.2 Å². The zero-order valence-corrected chi connectivity index (χ0v) is 17.9. The first kappa shape index (κ1) is 21.4. The molecule has 0 spiro atoms. The molecule has 4 rings (SSSR count). The normalized spacial score (nSPS) is 14.7. The Balaban J connectivity index is 1.34. The van der Waals surface area contributed by atoms with Crippen LogP contribution in [0.2, 0.25) is 0 Å². The van der Waals surface area contributed by atoms with Crippen LogP contribution in [0.4, 0.5) is 11.4 Å². The molecule has 7 nitrogen and oxygen atoms in total. The third kappa shape index (κ3) is 4.72. The molecule has 0 radical (unpaired) electrons. The SMILES string of the molecule is CC(Oc1ccc(-c2ccccc2)cc1)C(=O)N1CCN(c2ccccc2[N+](=O)[O-])CC1. The number of anilines is 1. The van der Waals surface area contributed by atoms with Crippen LogP contribution >= 0.6 is 0 Å². The van der Waals surface area contributed by atoms with Crippen molar-refractivity contribution in [2.45, 2.75) is 13.0 Å². The molecule has 7 heteroatoms. The largest absolute Gasteiger partial charge is 0.481 e. The van der Waals surface area contributed by atoms with Gasteiger partial charge in [-0.15, -0.1) is 0 Å². The van der Waals surface area contributed by atoms with Crippen molar-refractivity contribution >= 4 is 17.3 Å². The molecule has 1 amide bonds. The van der Waals surface area contributed by atoms with Crippen LogP contribution in [0.3, 0.4) is 0 Å². The number of ether oxygens (including phenoxy) is 1. The molecule has 0 aliphatic carbocycles. The number of para-hydroxylation sites is 2. The number of nitrogens with zero attached hydrogens (tertiary/aromatic N) is 3. The molecule has 3 aromatic carbocycles. The molecule has 0 saturated carbocycles. The lowest BCUT2D eigenvalue weighted by Gasteiger charge is -2.36. The van der Waals surface area contributed by atoms with Crippen molar-refractivity contribution < 1.29 is 14.5 Å². The molecule has 1 atom stereocenters. The first-order valence-corrected chi connectivity index (χ1v) is 10.6. The Morgan fingerprint density at radius 2 is 1.47 bits per heavy atom. The smallest absolute Gasteiger partial charge is 0.292 e. The Kier molecular flexibility index (Phi) is 6.35. The minimum atomic E-state index is -0.616. The first-order chi connectivity index (χ1) is 15.5. The Hall–Kier alpha value is -3.87. The van der Waals surface area contributed by atoms with Gasteiger partial charge in [0.15, 0.2) is 6.10 Å². The maximum Gasteiger partial charge on any atom is 0.292 e. The highest BCUT2D eigenvalue weighted by molar-refractivity contribution is 5.81. The van der Waals surface area contributed by atoms with Crippen LogP contribution < -0.4 is 9.64 Å². The van der Waals surface area contributed by atoms with Gasteiger partial charge < -0.3 is 14.5 Å². The Morgan fingerprint density at radius 3 is 2.12 bits per heavy atom. The lowest BCUT2D eigenvalue weighted by Crippen LogP contribution is -2.52. The van der Waals surface area contributed by atoms with Crippen LogP contribution in [-0.4, -0.2) is 48.0 Å². The van der Waals surface area contributed by atoms with Gasteiger partial charge in [0.25, 0.3) is 11.6 Å². The van der Waals surface area contributed by atoms with Crippen LogP contribution in [0.5, 0.6) is 5.75 Å². The Morgan fingerprint density at radius 1 is 0.875 bits per heavy atom.